The number of benzene rings is 1. The lowest BCUT2D eigenvalue weighted by atomic mass is 10.2. The van der Waals surface area contributed by atoms with Crippen LogP contribution in [0.4, 0.5) is 4.39 Å². The number of aromatic nitrogens is 2. The van der Waals surface area contributed by atoms with Gasteiger partial charge in [0, 0.05) is 51.4 Å². The lowest BCUT2D eigenvalue weighted by Crippen LogP contribution is -2.45. The highest BCUT2D eigenvalue weighted by Crippen LogP contribution is 2.09. The predicted molar refractivity (Wildman–Crippen MR) is 114 cm³/mol. The van der Waals surface area contributed by atoms with E-state index in [0.29, 0.717) is 12.1 Å². The Balaban J connectivity index is 1.76. The summed E-state index contributed by atoms with van der Waals surface area (Å²) in [5.74, 6) is 0.551. The van der Waals surface area contributed by atoms with E-state index >= 15 is 0 Å². The fourth-order valence-electron chi connectivity index (χ4n) is 3.18. The Hall–Kier alpha value is -2.41. The van der Waals surface area contributed by atoms with Gasteiger partial charge in [0.25, 0.3) is 0 Å². The fraction of sp³-hybridized carbons (Fsp3) is 0.524. The highest BCUT2D eigenvalue weighted by atomic mass is 19.1. The van der Waals surface area contributed by atoms with E-state index in [4.69, 9.17) is 0 Å². The SMILES string of the molecule is CN=C(NCCc1ccn(-c2ccc(F)cc2)n1)NCCN(C(C)C)C(C)C. The second-order valence-corrected chi connectivity index (χ2v) is 7.33. The molecule has 0 unspecified atom stereocenters. The Labute approximate surface area is 167 Å². The van der Waals surface area contributed by atoms with Crippen LogP contribution in [0, 0.1) is 5.82 Å². The summed E-state index contributed by atoms with van der Waals surface area (Å²) in [5.41, 5.74) is 1.82. The maximum atomic E-state index is 13.0. The number of rotatable bonds is 9. The summed E-state index contributed by atoms with van der Waals surface area (Å²) >= 11 is 0. The summed E-state index contributed by atoms with van der Waals surface area (Å²) < 4.78 is 14.8. The van der Waals surface area contributed by atoms with Gasteiger partial charge in [-0.2, -0.15) is 5.10 Å². The van der Waals surface area contributed by atoms with E-state index in [-0.39, 0.29) is 5.82 Å². The predicted octanol–water partition coefficient (Wildman–Crippen LogP) is 2.84. The Morgan fingerprint density at radius 1 is 1.07 bits per heavy atom. The summed E-state index contributed by atoms with van der Waals surface area (Å²) in [4.78, 5) is 6.73. The number of aliphatic imine (C=N–C) groups is 1. The molecule has 2 aromatic rings. The molecule has 1 aromatic heterocycles. The van der Waals surface area contributed by atoms with Crippen LogP contribution < -0.4 is 10.6 Å². The molecule has 1 aromatic carbocycles. The lowest BCUT2D eigenvalue weighted by Gasteiger charge is -2.30. The Morgan fingerprint density at radius 3 is 2.32 bits per heavy atom. The van der Waals surface area contributed by atoms with Gasteiger partial charge in [-0.15, -0.1) is 0 Å². The van der Waals surface area contributed by atoms with Gasteiger partial charge in [0.15, 0.2) is 5.96 Å². The molecule has 0 saturated carbocycles. The third-order valence-electron chi connectivity index (χ3n) is 4.62. The molecule has 0 radical (unpaired) electrons. The number of nitrogens with zero attached hydrogens (tertiary/aromatic N) is 4. The summed E-state index contributed by atoms with van der Waals surface area (Å²) in [7, 11) is 1.78. The minimum Gasteiger partial charge on any atom is -0.356 e. The molecule has 0 aliphatic heterocycles. The van der Waals surface area contributed by atoms with E-state index in [1.54, 1.807) is 23.9 Å². The highest BCUT2D eigenvalue weighted by Gasteiger charge is 2.12. The first-order valence-electron chi connectivity index (χ1n) is 9.91. The quantitative estimate of drug-likeness (QED) is 0.512. The van der Waals surface area contributed by atoms with Crippen molar-refractivity contribution in [3.05, 3.63) is 48.0 Å². The van der Waals surface area contributed by atoms with Gasteiger partial charge in [-0.25, -0.2) is 9.07 Å². The lowest BCUT2D eigenvalue weighted by molar-refractivity contribution is 0.178. The molecule has 7 heteroatoms. The molecule has 0 fully saturated rings. The van der Waals surface area contributed by atoms with Gasteiger partial charge in [0.1, 0.15) is 5.82 Å². The summed E-state index contributed by atoms with van der Waals surface area (Å²) in [6.07, 6.45) is 2.67. The van der Waals surface area contributed by atoms with Crippen molar-refractivity contribution in [3.63, 3.8) is 0 Å². The van der Waals surface area contributed by atoms with Gasteiger partial charge >= 0.3 is 0 Å². The van der Waals surface area contributed by atoms with Crippen LogP contribution in [-0.4, -0.2) is 59.4 Å². The van der Waals surface area contributed by atoms with Crippen LogP contribution in [0.1, 0.15) is 33.4 Å². The molecule has 0 spiro atoms. The van der Waals surface area contributed by atoms with Crippen LogP contribution in [0.5, 0.6) is 0 Å². The number of guanidine groups is 1. The zero-order valence-corrected chi connectivity index (χ0v) is 17.6. The number of nitrogens with one attached hydrogen (secondary N) is 2. The molecule has 154 valence electrons. The highest BCUT2D eigenvalue weighted by molar-refractivity contribution is 5.79. The van der Waals surface area contributed by atoms with Gasteiger partial charge in [-0.1, -0.05) is 0 Å². The summed E-state index contributed by atoms with van der Waals surface area (Å²) in [6.45, 7) is 11.4. The molecule has 28 heavy (non-hydrogen) atoms. The average molecular weight is 389 g/mol. The Bertz CT molecular complexity index is 728. The minimum absolute atomic E-state index is 0.246. The minimum atomic E-state index is -0.246. The van der Waals surface area contributed by atoms with Crippen LogP contribution in [0.25, 0.3) is 5.69 Å². The topological polar surface area (TPSA) is 57.5 Å². The molecule has 6 nitrogen and oxygen atoms in total. The van der Waals surface area contributed by atoms with Gasteiger partial charge in [0.2, 0.25) is 0 Å². The molecular weight excluding hydrogens is 355 g/mol. The molecule has 0 amide bonds. The van der Waals surface area contributed by atoms with Crippen molar-refractivity contribution in [1.29, 1.82) is 0 Å². The average Bonchev–Trinajstić information content (AvgIpc) is 3.12. The standard InChI is InChI=1S/C21H33FN6/c1-16(2)27(17(3)4)15-13-25-21(23-5)24-12-10-19-11-14-28(26-19)20-8-6-18(22)7-9-20/h6-9,11,14,16-17H,10,12-13,15H2,1-5H3,(H2,23,24,25). The first-order chi connectivity index (χ1) is 13.4. The van der Waals surface area contributed by atoms with Crippen molar-refractivity contribution >= 4 is 5.96 Å². The van der Waals surface area contributed by atoms with E-state index in [1.165, 1.54) is 12.1 Å². The molecule has 0 bridgehead atoms. The first-order valence-corrected chi connectivity index (χ1v) is 9.91. The van der Waals surface area contributed by atoms with Crippen molar-refractivity contribution < 1.29 is 4.39 Å². The smallest absolute Gasteiger partial charge is 0.191 e. The zero-order valence-electron chi connectivity index (χ0n) is 17.6. The summed E-state index contributed by atoms with van der Waals surface area (Å²) in [5, 5.41) is 11.2. The fourth-order valence-corrected chi connectivity index (χ4v) is 3.18. The maximum absolute atomic E-state index is 13.0. The molecule has 2 N–H and O–H groups in total. The van der Waals surface area contributed by atoms with E-state index in [2.05, 4.69) is 53.3 Å². The van der Waals surface area contributed by atoms with Crippen molar-refractivity contribution in [2.45, 2.75) is 46.2 Å². The molecule has 0 saturated heterocycles. The van der Waals surface area contributed by atoms with E-state index < -0.39 is 0 Å². The third kappa shape index (κ3) is 6.64. The Morgan fingerprint density at radius 2 is 1.71 bits per heavy atom. The second-order valence-electron chi connectivity index (χ2n) is 7.33. The number of hydrogen-bond donors (Lipinski definition) is 2. The first kappa shape index (κ1) is 21.9. The van der Waals surface area contributed by atoms with Gasteiger partial charge in [-0.3, -0.25) is 9.89 Å². The molecule has 0 atom stereocenters. The molecule has 0 aliphatic carbocycles. The number of halogens is 1. The van der Waals surface area contributed by atoms with Crippen LogP contribution in [0.15, 0.2) is 41.5 Å². The summed E-state index contributed by atoms with van der Waals surface area (Å²) in [6, 6.07) is 9.33. The number of hydrogen-bond acceptors (Lipinski definition) is 3. The normalized spacial score (nSPS) is 12.2. The van der Waals surface area contributed by atoms with Crippen molar-refractivity contribution in [1.82, 2.24) is 25.3 Å². The van der Waals surface area contributed by atoms with E-state index in [1.807, 2.05) is 12.3 Å². The van der Waals surface area contributed by atoms with E-state index in [9.17, 15) is 4.39 Å². The Kier molecular flexibility index (Phi) is 8.44. The van der Waals surface area contributed by atoms with Gasteiger partial charge < -0.3 is 10.6 Å². The van der Waals surface area contributed by atoms with Crippen molar-refractivity contribution in [3.8, 4) is 5.69 Å². The molecule has 0 aliphatic rings. The van der Waals surface area contributed by atoms with Crippen molar-refractivity contribution in [2.24, 2.45) is 4.99 Å². The van der Waals surface area contributed by atoms with Crippen LogP contribution in [0.3, 0.4) is 0 Å². The third-order valence-corrected chi connectivity index (χ3v) is 4.62. The van der Waals surface area contributed by atoms with Crippen molar-refractivity contribution in [2.75, 3.05) is 26.7 Å². The maximum Gasteiger partial charge on any atom is 0.191 e. The zero-order chi connectivity index (χ0) is 20.5. The van der Waals surface area contributed by atoms with E-state index in [0.717, 1.165) is 43.4 Å². The monoisotopic (exact) mass is 388 g/mol. The van der Waals surface area contributed by atoms with Gasteiger partial charge in [-0.05, 0) is 58.0 Å². The van der Waals surface area contributed by atoms with Crippen LogP contribution >= 0.6 is 0 Å². The van der Waals surface area contributed by atoms with Crippen LogP contribution in [0.2, 0.25) is 0 Å². The largest absolute Gasteiger partial charge is 0.356 e. The van der Waals surface area contributed by atoms with Crippen LogP contribution in [-0.2, 0) is 6.42 Å². The molecular formula is C21H33FN6. The second kappa shape index (κ2) is 10.8. The van der Waals surface area contributed by atoms with Gasteiger partial charge in [0.05, 0.1) is 11.4 Å². The molecule has 2 rings (SSSR count). The molecule has 1 heterocycles.